The van der Waals surface area contributed by atoms with E-state index in [1.165, 1.54) is 4.31 Å². The highest BCUT2D eigenvalue weighted by Crippen LogP contribution is 2.30. The molecule has 1 atom stereocenters. The monoisotopic (exact) mass is 434 g/mol. The second-order valence-electron chi connectivity index (χ2n) is 8.03. The quantitative estimate of drug-likeness (QED) is 0.614. The average molecular weight is 435 g/mol. The topological polar surface area (TPSA) is 57.7 Å². The molecule has 1 unspecified atom stereocenters. The van der Waals surface area contributed by atoms with E-state index in [0.717, 1.165) is 22.3 Å². The van der Waals surface area contributed by atoms with Gasteiger partial charge in [-0.15, -0.1) is 0 Å². The van der Waals surface area contributed by atoms with E-state index in [1.807, 2.05) is 61.5 Å². The molecule has 0 N–H and O–H groups in total. The summed E-state index contributed by atoms with van der Waals surface area (Å²) in [6, 6.07) is 23.4. The number of sulfonamides is 1. The van der Waals surface area contributed by atoms with E-state index in [-0.39, 0.29) is 17.3 Å². The van der Waals surface area contributed by atoms with Crippen LogP contribution in [0.5, 0.6) is 0 Å². The average Bonchev–Trinajstić information content (AvgIpc) is 2.78. The number of nitrogens with zero attached hydrogens (tertiary/aromatic N) is 2. The molecule has 1 aliphatic heterocycles. The van der Waals surface area contributed by atoms with Crippen LogP contribution in [-0.2, 0) is 34.3 Å². The predicted molar refractivity (Wildman–Crippen MR) is 121 cm³/mol. The van der Waals surface area contributed by atoms with Crippen LogP contribution < -0.4 is 0 Å². The predicted octanol–water partition coefficient (Wildman–Crippen LogP) is 3.77. The molecule has 31 heavy (non-hydrogen) atoms. The summed E-state index contributed by atoms with van der Waals surface area (Å²) >= 11 is 0. The van der Waals surface area contributed by atoms with Crippen LogP contribution in [0, 0.1) is 6.92 Å². The highest BCUT2D eigenvalue weighted by atomic mass is 32.2. The summed E-state index contributed by atoms with van der Waals surface area (Å²) in [5.41, 5.74) is 3.94. The Hall–Kier alpha value is -2.96. The lowest BCUT2D eigenvalue weighted by molar-refractivity contribution is -0.135. The molecule has 1 aliphatic rings. The van der Waals surface area contributed by atoms with E-state index in [4.69, 9.17) is 0 Å². The lowest BCUT2D eigenvalue weighted by atomic mass is 9.95. The number of aryl methyl sites for hydroxylation is 1. The van der Waals surface area contributed by atoms with Crippen LogP contribution in [0.25, 0.3) is 0 Å². The summed E-state index contributed by atoms with van der Waals surface area (Å²) in [6.07, 6.45) is 0.360. The van der Waals surface area contributed by atoms with Crippen molar-refractivity contribution in [1.29, 1.82) is 0 Å². The molecule has 5 nitrogen and oxygen atoms in total. The summed E-state index contributed by atoms with van der Waals surface area (Å²) in [6.45, 7) is 2.52. The number of hydrogen-bond acceptors (Lipinski definition) is 3. The first-order valence-corrected chi connectivity index (χ1v) is 11.7. The molecular formula is C25H26N2O3S. The number of carbonyl (C=O) groups is 1. The molecule has 6 heteroatoms. The van der Waals surface area contributed by atoms with Crippen LogP contribution in [0.4, 0.5) is 0 Å². The van der Waals surface area contributed by atoms with Crippen LogP contribution in [0.1, 0.15) is 22.3 Å². The molecule has 0 aliphatic carbocycles. The minimum absolute atomic E-state index is 0.183. The molecule has 3 aromatic carbocycles. The fourth-order valence-corrected chi connectivity index (χ4v) is 5.56. The molecule has 0 saturated heterocycles. The molecule has 3 aromatic rings. The lowest BCUT2D eigenvalue weighted by Crippen LogP contribution is -2.52. The van der Waals surface area contributed by atoms with Gasteiger partial charge in [0.2, 0.25) is 15.9 Å². The molecule has 4 rings (SSSR count). The van der Waals surface area contributed by atoms with Crippen molar-refractivity contribution in [2.75, 3.05) is 7.05 Å². The van der Waals surface area contributed by atoms with Gasteiger partial charge in [-0.05, 0) is 42.2 Å². The molecule has 1 heterocycles. The Balaban J connectivity index is 1.69. The summed E-state index contributed by atoms with van der Waals surface area (Å²) in [5, 5.41) is 0. The van der Waals surface area contributed by atoms with Gasteiger partial charge in [0.15, 0.2) is 0 Å². The van der Waals surface area contributed by atoms with Crippen molar-refractivity contribution in [1.82, 2.24) is 9.21 Å². The largest absolute Gasteiger partial charge is 0.340 e. The number of likely N-dealkylation sites (N-methyl/N-ethyl adjacent to an activating group) is 1. The number of rotatable bonds is 5. The first kappa shape index (κ1) is 21.3. The Morgan fingerprint density at radius 2 is 1.55 bits per heavy atom. The highest BCUT2D eigenvalue weighted by molar-refractivity contribution is 7.89. The standard InChI is InChI=1S/C25H26N2O3S/c1-19-12-14-23(15-13-19)31(29,30)27-18-22-11-7-6-10-21(22)16-24(27)25(28)26(2)17-20-8-4-3-5-9-20/h3-15,24H,16-18H2,1-2H3. The Labute approximate surface area is 184 Å². The number of amides is 1. The van der Waals surface area contributed by atoms with Crippen molar-refractivity contribution in [3.8, 4) is 0 Å². The van der Waals surface area contributed by atoms with Gasteiger partial charge < -0.3 is 4.90 Å². The fourth-order valence-electron chi connectivity index (χ4n) is 4.00. The molecule has 0 saturated carbocycles. The van der Waals surface area contributed by atoms with Crippen LogP contribution in [0.2, 0.25) is 0 Å². The van der Waals surface area contributed by atoms with Gasteiger partial charge in [-0.3, -0.25) is 4.79 Å². The SMILES string of the molecule is Cc1ccc(S(=O)(=O)N2Cc3ccccc3CC2C(=O)N(C)Cc2ccccc2)cc1. The van der Waals surface area contributed by atoms with Crippen molar-refractivity contribution in [3.63, 3.8) is 0 Å². The van der Waals surface area contributed by atoms with Gasteiger partial charge in [0.25, 0.3) is 0 Å². The van der Waals surface area contributed by atoms with Crippen molar-refractivity contribution >= 4 is 15.9 Å². The Kier molecular flexibility index (Phi) is 5.94. The molecule has 160 valence electrons. The zero-order valence-electron chi connectivity index (χ0n) is 17.7. The fraction of sp³-hybridized carbons (Fsp3) is 0.240. The van der Waals surface area contributed by atoms with Crippen molar-refractivity contribution in [3.05, 3.63) is 101 Å². The summed E-state index contributed by atoms with van der Waals surface area (Å²) in [4.78, 5) is 15.3. The first-order chi connectivity index (χ1) is 14.9. The van der Waals surface area contributed by atoms with Crippen molar-refractivity contribution < 1.29 is 13.2 Å². The first-order valence-electron chi connectivity index (χ1n) is 10.3. The van der Waals surface area contributed by atoms with Gasteiger partial charge in [-0.1, -0.05) is 72.3 Å². The van der Waals surface area contributed by atoms with E-state index in [9.17, 15) is 13.2 Å². The third-order valence-corrected chi connectivity index (χ3v) is 7.63. The minimum atomic E-state index is -3.84. The number of carbonyl (C=O) groups excluding carboxylic acids is 1. The number of hydrogen-bond donors (Lipinski definition) is 0. The van der Waals surface area contributed by atoms with E-state index >= 15 is 0 Å². The molecule has 1 amide bonds. The normalized spacial score (nSPS) is 16.5. The van der Waals surface area contributed by atoms with E-state index < -0.39 is 16.1 Å². The zero-order valence-corrected chi connectivity index (χ0v) is 18.5. The van der Waals surface area contributed by atoms with Gasteiger partial charge in [0, 0.05) is 20.1 Å². The smallest absolute Gasteiger partial charge is 0.244 e. The van der Waals surface area contributed by atoms with Crippen molar-refractivity contribution in [2.24, 2.45) is 0 Å². The second-order valence-corrected chi connectivity index (χ2v) is 9.92. The van der Waals surface area contributed by atoms with Gasteiger partial charge in [-0.25, -0.2) is 8.42 Å². The molecular weight excluding hydrogens is 408 g/mol. The van der Waals surface area contributed by atoms with Crippen LogP contribution in [-0.4, -0.2) is 36.6 Å². The molecule has 0 radical (unpaired) electrons. The third kappa shape index (κ3) is 4.40. The van der Waals surface area contributed by atoms with E-state index in [2.05, 4.69) is 0 Å². The number of benzene rings is 3. The Bertz CT molecular complexity index is 1170. The second kappa shape index (κ2) is 8.65. The van der Waals surface area contributed by atoms with Gasteiger partial charge in [-0.2, -0.15) is 4.31 Å². The van der Waals surface area contributed by atoms with Crippen LogP contribution >= 0.6 is 0 Å². The van der Waals surface area contributed by atoms with Crippen LogP contribution in [0.15, 0.2) is 83.8 Å². The van der Waals surface area contributed by atoms with Gasteiger partial charge in [0.05, 0.1) is 4.90 Å². The molecule has 0 spiro atoms. The summed E-state index contributed by atoms with van der Waals surface area (Å²) in [5.74, 6) is -0.200. The third-order valence-electron chi connectivity index (χ3n) is 5.76. The van der Waals surface area contributed by atoms with E-state index in [0.29, 0.717) is 13.0 Å². The minimum Gasteiger partial charge on any atom is -0.340 e. The Morgan fingerprint density at radius 1 is 0.935 bits per heavy atom. The van der Waals surface area contributed by atoms with Crippen LogP contribution in [0.3, 0.4) is 0 Å². The molecule has 0 fully saturated rings. The van der Waals surface area contributed by atoms with Gasteiger partial charge in [0.1, 0.15) is 6.04 Å². The highest BCUT2D eigenvalue weighted by Gasteiger charge is 2.40. The summed E-state index contributed by atoms with van der Waals surface area (Å²) < 4.78 is 28.5. The van der Waals surface area contributed by atoms with Crippen molar-refractivity contribution in [2.45, 2.75) is 37.4 Å². The maximum atomic E-state index is 13.6. The maximum absolute atomic E-state index is 13.6. The molecule has 0 bridgehead atoms. The maximum Gasteiger partial charge on any atom is 0.244 e. The zero-order chi connectivity index (χ0) is 22.0. The van der Waals surface area contributed by atoms with Gasteiger partial charge >= 0.3 is 0 Å². The number of fused-ring (bicyclic) bond motifs is 1. The van der Waals surface area contributed by atoms with E-state index in [1.54, 1.807) is 36.2 Å². The summed E-state index contributed by atoms with van der Waals surface area (Å²) in [7, 11) is -2.11. The molecule has 0 aromatic heterocycles. The Morgan fingerprint density at radius 3 is 2.23 bits per heavy atom. The lowest BCUT2D eigenvalue weighted by Gasteiger charge is -2.37.